The van der Waals surface area contributed by atoms with Crippen LogP contribution in [0.2, 0.25) is 5.28 Å². The average molecular weight is 458 g/mol. The van der Waals surface area contributed by atoms with Crippen molar-refractivity contribution in [2.75, 3.05) is 24.6 Å². The second-order valence-electron chi connectivity index (χ2n) is 8.28. The van der Waals surface area contributed by atoms with Crippen LogP contribution in [0.5, 0.6) is 0 Å². The molecule has 31 heavy (non-hydrogen) atoms. The molecule has 1 aliphatic carbocycles. The number of anilines is 1. The largest absolute Gasteiger partial charge is 0.394 e. The summed E-state index contributed by atoms with van der Waals surface area (Å²) in [7, 11) is 0. The Labute approximate surface area is 185 Å². The SMILES string of the molecule is O=CN(O)C[C@@H](CC1CCCC1)C(=O)NCc1nc(Cl)nc(N2CCC[C@H]2CO)c1F. The number of carbonyl (C=O) groups is 2. The highest BCUT2D eigenvalue weighted by atomic mass is 35.5. The highest BCUT2D eigenvalue weighted by Gasteiger charge is 2.30. The predicted octanol–water partition coefficient (Wildman–Crippen LogP) is 1.89. The average Bonchev–Trinajstić information content (AvgIpc) is 3.44. The number of nitrogens with one attached hydrogen (secondary N) is 1. The standard InChI is InChI=1S/C20H29ClFN5O4/c21-20-24-16(17(22)18(25-20)27-7-3-6-15(27)11-28)9-23-19(30)14(10-26(31)12-29)8-13-4-1-2-5-13/h12-15,28,31H,1-11H2,(H,23,30)/t14-,15+/m1/s1. The van der Waals surface area contributed by atoms with Crippen LogP contribution in [0, 0.1) is 17.7 Å². The lowest BCUT2D eigenvalue weighted by Gasteiger charge is -2.25. The summed E-state index contributed by atoms with van der Waals surface area (Å²) in [5, 5.41) is 22.1. The number of amides is 2. The third-order valence-corrected chi connectivity index (χ3v) is 6.33. The van der Waals surface area contributed by atoms with Crippen LogP contribution in [0.3, 0.4) is 0 Å². The van der Waals surface area contributed by atoms with E-state index in [4.69, 9.17) is 11.6 Å². The van der Waals surface area contributed by atoms with E-state index in [0.29, 0.717) is 23.9 Å². The van der Waals surface area contributed by atoms with Gasteiger partial charge in [0.05, 0.1) is 31.7 Å². The molecule has 1 saturated carbocycles. The fourth-order valence-corrected chi connectivity index (χ4v) is 4.74. The third-order valence-electron chi connectivity index (χ3n) is 6.16. The summed E-state index contributed by atoms with van der Waals surface area (Å²) in [6.45, 7) is 0.0917. The van der Waals surface area contributed by atoms with Crippen molar-refractivity contribution in [1.82, 2.24) is 20.3 Å². The molecule has 0 aromatic carbocycles. The topological polar surface area (TPSA) is 119 Å². The molecule has 3 rings (SSSR count). The van der Waals surface area contributed by atoms with E-state index in [2.05, 4.69) is 15.3 Å². The minimum atomic E-state index is -0.686. The molecule has 2 amide bonds. The second-order valence-corrected chi connectivity index (χ2v) is 8.62. The Kier molecular flexibility index (Phi) is 8.39. The molecule has 9 nitrogen and oxygen atoms in total. The summed E-state index contributed by atoms with van der Waals surface area (Å²) in [6, 6.07) is -0.238. The molecule has 2 aliphatic rings. The van der Waals surface area contributed by atoms with E-state index in [1.54, 1.807) is 4.90 Å². The van der Waals surface area contributed by atoms with Gasteiger partial charge in [-0.2, -0.15) is 4.98 Å². The van der Waals surface area contributed by atoms with Crippen molar-refractivity contribution in [1.29, 1.82) is 0 Å². The van der Waals surface area contributed by atoms with Gasteiger partial charge in [0.15, 0.2) is 11.6 Å². The summed E-state index contributed by atoms with van der Waals surface area (Å²) in [4.78, 5) is 33.2. The molecule has 2 fully saturated rings. The summed E-state index contributed by atoms with van der Waals surface area (Å²) in [5.74, 6) is -1.31. The number of carbonyl (C=O) groups excluding carboxylic acids is 2. The van der Waals surface area contributed by atoms with Gasteiger partial charge in [-0.1, -0.05) is 25.7 Å². The first-order valence-electron chi connectivity index (χ1n) is 10.7. The first kappa shape index (κ1) is 23.6. The van der Waals surface area contributed by atoms with E-state index in [0.717, 1.165) is 38.5 Å². The Balaban J connectivity index is 1.70. The van der Waals surface area contributed by atoms with E-state index in [9.17, 15) is 19.9 Å². The molecule has 0 spiro atoms. The van der Waals surface area contributed by atoms with E-state index >= 15 is 4.39 Å². The Morgan fingerprint density at radius 2 is 2.06 bits per heavy atom. The number of hydrogen-bond acceptors (Lipinski definition) is 7. The lowest BCUT2D eigenvalue weighted by Crippen LogP contribution is -2.38. The maximum Gasteiger partial charge on any atom is 0.233 e. The number of aliphatic hydroxyl groups excluding tert-OH is 1. The van der Waals surface area contributed by atoms with Crippen LogP contribution >= 0.6 is 11.6 Å². The van der Waals surface area contributed by atoms with Gasteiger partial charge in [0.1, 0.15) is 5.69 Å². The number of hydrogen-bond donors (Lipinski definition) is 3. The molecule has 172 valence electrons. The van der Waals surface area contributed by atoms with E-state index in [-0.39, 0.29) is 48.9 Å². The molecule has 0 bridgehead atoms. The van der Waals surface area contributed by atoms with Crippen LogP contribution in [-0.4, -0.2) is 63.4 Å². The minimum Gasteiger partial charge on any atom is -0.394 e. The molecule has 3 N–H and O–H groups in total. The first-order valence-corrected chi connectivity index (χ1v) is 11.1. The Morgan fingerprint density at radius 1 is 1.32 bits per heavy atom. The number of hydroxylamine groups is 2. The third kappa shape index (κ3) is 6.02. The van der Waals surface area contributed by atoms with Crippen molar-refractivity contribution in [3.8, 4) is 0 Å². The normalized spacial score (nSPS) is 20.1. The Morgan fingerprint density at radius 3 is 2.74 bits per heavy atom. The van der Waals surface area contributed by atoms with Gasteiger partial charge in [0.25, 0.3) is 0 Å². The van der Waals surface area contributed by atoms with Gasteiger partial charge < -0.3 is 15.3 Å². The van der Waals surface area contributed by atoms with Crippen LogP contribution in [0.1, 0.15) is 50.6 Å². The summed E-state index contributed by atoms with van der Waals surface area (Å²) in [6.07, 6.45) is 6.56. The summed E-state index contributed by atoms with van der Waals surface area (Å²) < 4.78 is 15.1. The molecule has 2 atom stereocenters. The van der Waals surface area contributed by atoms with Crippen molar-refractivity contribution < 1.29 is 24.3 Å². The Hall–Kier alpha value is -2.04. The monoisotopic (exact) mass is 457 g/mol. The van der Waals surface area contributed by atoms with Gasteiger partial charge in [0, 0.05) is 6.54 Å². The van der Waals surface area contributed by atoms with E-state index in [1.807, 2.05) is 0 Å². The Bertz CT molecular complexity index is 780. The van der Waals surface area contributed by atoms with Crippen molar-refractivity contribution in [3.63, 3.8) is 0 Å². The molecule has 1 saturated heterocycles. The summed E-state index contributed by atoms with van der Waals surface area (Å²) >= 11 is 6.00. The second kappa shape index (κ2) is 11.0. The molecule has 1 aliphatic heterocycles. The number of aromatic nitrogens is 2. The van der Waals surface area contributed by atoms with Crippen LogP contribution in [0.25, 0.3) is 0 Å². The minimum absolute atomic E-state index is 0.0193. The quantitative estimate of drug-likeness (QED) is 0.212. The number of nitrogens with zero attached hydrogens (tertiary/aromatic N) is 4. The lowest BCUT2D eigenvalue weighted by atomic mass is 9.92. The summed E-state index contributed by atoms with van der Waals surface area (Å²) in [5.41, 5.74) is -0.0530. The highest BCUT2D eigenvalue weighted by molar-refractivity contribution is 6.28. The lowest BCUT2D eigenvalue weighted by molar-refractivity contribution is -0.155. The van der Waals surface area contributed by atoms with Crippen LogP contribution in [0.4, 0.5) is 10.2 Å². The van der Waals surface area contributed by atoms with Crippen LogP contribution < -0.4 is 10.2 Å². The molecule has 0 radical (unpaired) electrons. The molecular weight excluding hydrogens is 429 g/mol. The number of halogens is 2. The highest BCUT2D eigenvalue weighted by Crippen LogP contribution is 2.31. The molecule has 1 aromatic heterocycles. The molecular formula is C20H29ClFN5O4. The predicted molar refractivity (Wildman–Crippen MR) is 111 cm³/mol. The molecule has 1 aromatic rings. The maximum absolute atomic E-state index is 15.1. The molecule has 0 unspecified atom stereocenters. The number of aliphatic hydroxyl groups is 1. The van der Waals surface area contributed by atoms with Gasteiger partial charge in [-0.25, -0.2) is 14.4 Å². The van der Waals surface area contributed by atoms with Crippen LogP contribution in [-0.2, 0) is 16.1 Å². The van der Waals surface area contributed by atoms with Gasteiger partial charge in [0.2, 0.25) is 17.6 Å². The van der Waals surface area contributed by atoms with Crippen molar-refractivity contribution in [3.05, 3.63) is 16.8 Å². The molecule has 2 heterocycles. The molecule has 11 heteroatoms. The smallest absolute Gasteiger partial charge is 0.233 e. The number of rotatable bonds is 10. The van der Waals surface area contributed by atoms with Gasteiger partial charge in [-0.3, -0.25) is 14.8 Å². The van der Waals surface area contributed by atoms with Gasteiger partial charge in [-0.05, 0) is 36.8 Å². The fraction of sp³-hybridized carbons (Fsp3) is 0.700. The van der Waals surface area contributed by atoms with Gasteiger partial charge in [-0.15, -0.1) is 0 Å². The maximum atomic E-state index is 15.1. The van der Waals surface area contributed by atoms with Crippen molar-refractivity contribution in [2.24, 2.45) is 11.8 Å². The zero-order chi connectivity index (χ0) is 22.4. The fourth-order valence-electron chi connectivity index (χ4n) is 4.56. The van der Waals surface area contributed by atoms with Gasteiger partial charge >= 0.3 is 0 Å². The zero-order valence-corrected chi connectivity index (χ0v) is 18.1. The van der Waals surface area contributed by atoms with Crippen molar-refractivity contribution in [2.45, 2.75) is 57.5 Å². The van der Waals surface area contributed by atoms with Crippen molar-refractivity contribution >= 4 is 29.7 Å². The van der Waals surface area contributed by atoms with Crippen LogP contribution in [0.15, 0.2) is 0 Å². The van der Waals surface area contributed by atoms with E-state index in [1.165, 1.54) is 0 Å². The first-order chi connectivity index (χ1) is 14.9. The van der Waals surface area contributed by atoms with E-state index < -0.39 is 17.6 Å². The zero-order valence-electron chi connectivity index (χ0n) is 17.3.